The first-order valence-electron chi connectivity index (χ1n) is 12.9. The van der Waals surface area contributed by atoms with Crippen molar-refractivity contribution in [2.24, 2.45) is 0 Å². The normalized spacial score (nSPS) is 12.3. The number of nitrogens with zero attached hydrogens (tertiary/aromatic N) is 1. The lowest BCUT2D eigenvalue weighted by Gasteiger charge is -2.13. The van der Waals surface area contributed by atoms with Crippen molar-refractivity contribution >= 4 is 70.4 Å². The fourth-order valence-electron chi connectivity index (χ4n) is 6.72. The minimum Gasteiger partial charge on any atom is -0.308 e. The van der Waals surface area contributed by atoms with Crippen molar-refractivity contribution in [3.8, 4) is 11.1 Å². The number of benzene rings is 7. The molecule has 170 valence electrons. The van der Waals surface area contributed by atoms with E-state index in [0.717, 1.165) is 0 Å². The highest BCUT2D eigenvalue weighted by Crippen LogP contribution is 2.46. The summed E-state index contributed by atoms with van der Waals surface area (Å²) in [6.45, 7) is 0. The molecule has 7 aromatic carbocycles. The summed E-state index contributed by atoms with van der Waals surface area (Å²) < 4.78 is 2.49. The third-order valence-electron chi connectivity index (χ3n) is 8.27. The van der Waals surface area contributed by atoms with Crippen molar-refractivity contribution in [2.45, 2.75) is 0 Å². The Morgan fingerprint density at radius 1 is 0.378 bits per heavy atom. The molecule has 0 N–H and O–H groups in total. The number of aromatic nitrogens is 1. The molecule has 0 aliphatic rings. The zero-order valence-corrected chi connectivity index (χ0v) is 20.1. The summed E-state index contributed by atoms with van der Waals surface area (Å²) in [6, 6.07) is 47.0. The van der Waals surface area contributed by atoms with Crippen LogP contribution in [0.15, 0.2) is 127 Å². The van der Waals surface area contributed by atoms with E-state index in [4.69, 9.17) is 0 Å². The molecule has 0 saturated heterocycles. The Morgan fingerprint density at radius 3 is 1.95 bits per heavy atom. The Kier molecular flexibility index (Phi) is 3.59. The first-order valence-corrected chi connectivity index (χ1v) is 12.9. The van der Waals surface area contributed by atoms with E-state index in [1.165, 1.54) is 81.5 Å². The summed E-state index contributed by atoms with van der Waals surface area (Å²) in [4.78, 5) is 0. The van der Waals surface area contributed by atoms with Crippen LogP contribution >= 0.6 is 0 Å². The van der Waals surface area contributed by atoms with Crippen LogP contribution in [-0.2, 0) is 0 Å². The molecule has 0 spiro atoms. The van der Waals surface area contributed by atoms with Gasteiger partial charge in [0.15, 0.2) is 0 Å². The fraction of sp³-hybridized carbons (Fsp3) is 0. The molecule has 0 saturated carbocycles. The number of hydrogen-bond acceptors (Lipinski definition) is 0. The second kappa shape index (κ2) is 6.87. The van der Waals surface area contributed by atoms with Crippen molar-refractivity contribution in [1.82, 2.24) is 4.40 Å². The van der Waals surface area contributed by atoms with Crippen LogP contribution in [0.3, 0.4) is 0 Å². The second-order valence-electron chi connectivity index (χ2n) is 10.1. The molecule has 0 bridgehead atoms. The molecule has 1 heteroatoms. The predicted molar refractivity (Wildman–Crippen MR) is 159 cm³/mol. The maximum absolute atomic E-state index is 2.49. The molecule has 0 fully saturated rings. The van der Waals surface area contributed by atoms with Gasteiger partial charge in [-0.05, 0) is 61.6 Å². The van der Waals surface area contributed by atoms with E-state index in [2.05, 4.69) is 132 Å². The summed E-state index contributed by atoms with van der Waals surface area (Å²) in [5.41, 5.74) is 6.46. The average molecular weight is 468 g/mol. The van der Waals surface area contributed by atoms with E-state index in [-0.39, 0.29) is 0 Å². The quantitative estimate of drug-likeness (QED) is 0.212. The van der Waals surface area contributed by atoms with Gasteiger partial charge in [0.05, 0.1) is 16.6 Å². The lowest BCUT2D eigenvalue weighted by Crippen LogP contribution is -1.87. The van der Waals surface area contributed by atoms with Gasteiger partial charge in [0.25, 0.3) is 0 Å². The van der Waals surface area contributed by atoms with Crippen LogP contribution in [0.2, 0.25) is 0 Å². The molecular formula is C36H21N. The van der Waals surface area contributed by atoms with Crippen LogP contribution in [0.25, 0.3) is 81.5 Å². The van der Waals surface area contributed by atoms with E-state index in [0.29, 0.717) is 0 Å². The van der Waals surface area contributed by atoms with Gasteiger partial charge >= 0.3 is 0 Å². The molecule has 0 amide bonds. The van der Waals surface area contributed by atoms with Crippen molar-refractivity contribution in [3.05, 3.63) is 127 Å². The molecule has 0 aliphatic heterocycles. The minimum atomic E-state index is 1.27. The SMILES string of the molecule is c1ccc2c(-c3ccc4c(ccc5ccccc54)c3)c3c4cccc5c6ccccc6n(c3cc2c1)c54. The Balaban J connectivity index is 1.50. The largest absolute Gasteiger partial charge is 0.308 e. The Labute approximate surface area is 213 Å². The van der Waals surface area contributed by atoms with Crippen molar-refractivity contribution in [1.29, 1.82) is 0 Å². The molecule has 0 unspecified atom stereocenters. The van der Waals surface area contributed by atoms with Gasteiger partial charge < -0.3 is 4.40 Å². The third kappa shape index (κ3) is 2.43. The number of hydrogen-bond donors (Lipinski definition) is 0. The highest BCUT2D eigenvalue weighted by molar-refractivity contribution is 6.29. The topological polar surface area (TPSA) is 4.41 Å². The highest BCUT2D eigenvalue weighted by Gasteiger charge is 2.21. The van der Waals surface area contributed by atoms with Crippen LogP contribution < -0.4 is 0 Å². The van der Waals surface area contributed by atoms with Gasteiger partial charge in [0.2, 0.25) is 0 Å². The smallest absolute Gasteiger partial charge is 0.0620 e. The molecule has 2 aromatic heterocycles. The van der Waals surface area contributed by atoms with E-state index in [1.807, 2.05) is 0 Å². The van der Waals surface area contributed by atoms with Gasteiger partial charge in [-0.15, -0.1) is 0 Å². The van der Waals surface area contributed by atoms with Gasteiger partial charge in [-0.3, -0.25) is 0 Å². The van der Waals surface area contributed by atoms with Gasteiger partial charge in [0, 0.05) is 21.5 Å². The van der Waals surface area contributed by atoms with E-state index in [9.17, 15) is 0 Å². The summed E-state index contributed by atoms with van der Waals surface area (Å²) in [7, 11) is 0. The van der Waals surface area contributed by atoms with E-state index >= 15 is 0 Å². The summed E-state index contributed by atoms with van der Waals surface area (Å²) in [5.74, 6) is 0. The molecule has 0 radical (unpaired) electrons. The first-order chi connectivity index (χ1) is 18.4. The van der Waals surface area contributed by atoms with Gasteiger partial charge in [0.1, 0.15) is 0 Å². The lowest BCUT2D eigenvalue weighted by molar-refractivity contribution is 1.37. The summed E-state index contributed by atoms with van der Waals surface area (Å²) >= 11 is 0. The Morgan fingerprint density at radius 2 is 1.03 bits per heavy atom. The molecular weight excluding hydrogens is 446 g/mol. The predicted octanol–water partition coefficient (Wildman–Crippen LogP) is 9.96. The van der Waals surface area contributed by atoms with E-state index < -0.39 is 0 Å². The van der Waals surface area contributed by atoms with Crippen molar-refractivity contribution < 1.29 is 0 Å². The van der Waals surface area contributed by atoms with Crippen LogP contribution in [0.4, 0.5) is 0 Å². The highest BCUT2D eigenvalue weighted by atomic mass is 14.9. The molecule has 9 aromatic rings. The van der Waals surface area contributed by atoms with Crippen LogP contribution in [-0.4, -0.2) is 4.40 Å². The maximum Gasteiger partial charge on any atom is 0.0620 e. The number of fused-ring (bicyclic) bond motifs is 10. The van der Waals surface area contributed by atoms with Gasteiger partial charge in [-0.2, -0.15) is 0 Å². The van der Waals surface area contributed by atoms with Gasteiger partial charge in [-0.1, -0.05) is 109 Å². The number of rotatable bonds is 1. The molecule has 2 heterocycles. The standard InChI is InChI=1S/C36H21N/c1-3-10-26-22(8-1)16-17-24-20-25(18-19-27(24)26)34-28-11-4-2-9-23(28)21-33-35(34)31-14-7-13-30-29-12-5-6-15-32(29)37(33)36(30)31/h1-21H. The number of para-hydroxylation sites is 2. The second-order valence-corrected chi connectivity index (χ2v) is 10.1. The zero-order chi connectivity index (χ0) is 24.1. The van der Waals surface area contributed by atoms with Crippen LogP contribution in [0.1, 0.15) is 0 Å². The van der Waals surface area contributed by atoms with E-state index in [1.54, 1.807) is 0 Å². The summed E-state index contributed by atoms with van der Waals surface area (Å²) in [5, 5.41) is 13.0. The minimum absolute atomic E-state index is 1.27. The maximum atomic E-state index is 2.49. The van der Waals surface area contributed by atoms with Gasteiger partial charge in [-0.25, -0.2) is 0 Å². The lowest BCUT2D eigenvalue weighted by atomic mass is 9.91. The Bertz CT molecular complexity index is 2350. The zero-order valence-electron chi connectivity index (χ0n) is 20.1. The summed E-state index contributed by atoms with van der Waals surface area (Å²) in [6.07, 6.45) is 0. The molecule has 37 heavy (non-hydrogen) atoms. The molecule has 9 rings (SSSR count). The van der Waals surface area contributed by atoms with Crippen molar-refractivity contribution in [2.75, 3.05) is 0 Å². The molecule has 1 nitrogen and oxygen atoms in total. The van der Waals surface area contributed by atoms with Crippen LogP contribution in [0, 0.1) is 0 Å². The fourth-order valence-corrected chi connectivity index (χ4v) is 6.72. The Hall–Kier alpha value is -4.88. The monoisotopic (exact) mass is 467 g/mol. The molecule has 0 atom stereocenters. The van der Waals surface area contributed by atoms with Crippen molar-refractivity contribution in [3.63, 3.8) is 0 Å². The van der Waals surface area contributed by atoms with Crippen LogP contribution in [0.5, 0.6) is 0 Å². The molecule has 0 aliphatic carbocycles. The first kappa shape index (κ1) is 19.3. The average Bonchev–Trinajstić information content (AvgIpc) is 3.48. The third-order valence-corrected chi connectivity index (χ3v) is 8.27.